The van der Waals surface area contributed by atoms with Crippen LogP contribution in [0.2, 0.25) is 0 Å². The molecule has 3 heterocycles. The first-order valence-corrected chi connectivity index (χ1v) is 9.27. The SMILES string of the molecule is C=C1CC[C@@H](CN(C)Cc2cnc3cc(C(C)(C)C)ccn3c2=O)N1C. The van der Waals surface area contributed by atoms with Gasteiger partial charge in [-0.3, -0.25) is 14.1 Å². The van der Waals surface area contributed by atoms with Gasteiger partial charge >= 0.3 is 0 Å². The lowest BCUT2D eigenvalue weighted by molar-refractivity contribution is 0.230. The summed E-state index contributed by atoms with van der Waals surface area (Å²) in [5.41, 5.74) is 3.87. The summed E-state index contributed by atoms with van der Waals surface area (Å²) in [5, 5.41) is 0. The predicted molar refractivity (Wildman–Crippen MR) is 106 cm³/mol. The minimum absolute atomic E-state index is 0.0199. The van der Waals surface area contributed by atoms with Crippen LogP contribution in [0.4, 0.5) is 0 Å². The molecule has 0 spiro atoms. The molecule has 0 aliphatic carbocycles. The van der Waals surface area contributed by atoms with Gasteiger partial charge in [0.15, 0.2) is 0 Å². The smallest absolute Gasteiger partial charge is 0.262 e. The van der Waals surface area contributed by atoms with E-state index in [1.807, 2.05) is 18.3 Å². The molecule has 5 nitrogen and oxygen atoms in total. The highest BCUT2D eigenvalue weighted by Gasteiger charge is 2.24. The Balaban J connectivity index is 1.79. The number of aromatic nitrogens is 2. The molecule has 2 aromatic heterocycles. The van der Waals surface area contributed by atoms with Crippen LogP contribution in [0.5, 0.6) is 0 Å². The number of hydrogen-bond donors (Lipinski definition) is 0. The van der Waals surface area contributed by atoms with Crippen molar-refractivity contribution in [3.63, 3.8) is 0 Å². The first kappa shape index (κ1) is 18.6. The van der Waals surface area contributed by atoms with E-state index < -0.39 is 0 Å². The molecule has 3 rings (SSSR count). The zero-order valence-electron chi connectivity index (χ0n) is 16.6. The molecule has 1 aliphatic heterocycles. The van der Waals surface area contributed by atoms with Gasteiger partial charge in [-0.15, -0.1) is 0 Å². The number of nitrogens with zero attached hydrogens (tertiary/aromatic N) is 4. The molecule has 1 aliphatic rings. The third-order valence-electron chi connectivity index (χ3n) is 5.42. The maximum atomic E-state index is 12.9. The van der Waals surface area contributed by atoms with Crippen LogP contribution in [0.3, 0.4) is 0 Å². The second-order valence-electron chi connectivity index (χ2n) is 8.55. The Hall–Kier alpha value is -2.14. The molecule has 26 heavy (non-hydrogen) atoms. The Morgan fingerprint density at radius 2 is 2.12 bits per heavy atom. The number of likely N-dealkylation sites (N-methyl/N-ethyl adjacent to an activating group) is 2. The molecule has 0 bridgehead atoms. The molecule has 2 aromatic rings. The van der Waals surface area contributed by atoms with Crippen molar-refractivity contribution >= 4 is 5.65 Å². The van der Waals surface area contributed by atoms with Gasteiger partial charge in [0.2, 0.25) is 0 Å². The fourth-order valence-corrected chi connectivity index (χ4v) is 3.58. The van der Waals surface area contributed by atoms with Crippen molar-refractivity contribution in [2.45, 2.75) is 51.6 Å². The second kappa shape index (κ2) is 6.88. The molecule has 1 fully saturated rings. The average Bonchev–Trinajstić information content (AvgIpc) is 2.88. The average molecular weight is 354 g/mol. The lowest BCUT2D eigenvalue weighted by Gasteiger charge is -2.27. The number of pyridine rings is 1. The van der Waals surface area contributed by atoms with Gasteiger partial charge in [0, 0.05) is 44.3 Å². The van der Waals surface area contributed by atoms with E-state index in [2.05, 4.69) is 56.2 Å². The number of fused-ring (bicyclic) bond motifs is 1. The van der Waals surface area contributed by atoms with Gasteiger partial charge in [-0.05, 0) is 43.0 Å². The lowest BCUT2D eigenvalue weighted by atomic mass is 9.88. The van der Waals surface area contributed by atoms with E-state index in [9.17, 15) is 4.79 Å². The summed E-state index contributed by atoms with van der Waals surface area (Å²) in [6.07, 6.45) is 5.77. The lowest BCUT2D eigenvalue weighted by Crippen LogP contribution is -2.37. The van der Waals surface area contributed by atoms with Crippen molar-refractivity contribution in [3.8, 4) is 0 Å². The molecule has 1 saturated heterocycles. The highest BCUT2D eigenvalue weighted by Crippen LogP contribution is 2.24. The molecule has 0 amide bonds. The van der Waals surface area contributed by atoms with E-state index in [0.29, 0.717) is 18.2 Å². The van der Waals surface area contributed by atoms with E-state index in [4.69, 9.17) is 0 Å². The largest absolute Gasteiger partial charge is 0.374 e. The quantitative estimate of drug-likeness (QED) is 0.846. The molecule has 0 aromatic carbocycles. The maximum Gasteiger partial charge on any atom is 0.262 e. The van der Waals surface area contributed by atoms with Gasteiger partial charge in [-0.2, -0.15) is 0 Å². The maximum absolute atomic E-state index is 12.9. The zero-order valence-corrected chi connectivity index (χ0v) is 16.6. The van der Waals surface area contributed by atoms with Crippen LogP contribution < -0.4 is 5.56 Å². The number of rotatable bonds is 4. The summed E-state index contributed by atoms with van der Waals surface area (Å²) < 4.78 is 1.65. The highest BCUT2D eigenvalue weighted by molar-refractivity contribution is 5.43. The topological polar surface area (TPSA) is 40.9 Å². The fraction of sp³-hybridized carbons (Fsp3) is 0.524. The van der Waals surface area contributed by atoms with Crippen LogP contribution in [0.15, 0.2) is 41.6 Å². The molecular weight excluding hydrogens is 324 g/mol. The number of allylic oxidation sites excluding steroid dienone is 1. The fourth-order valence-electron chi connectivity index (χ4n) is 3.58. The number of likely N-dealkylation sites (tertiary alicyclic amines) is 1. The summed E-state index contributed by atoms with van der Waals surface area (Å²) in [7, 11) is 4.17. The van der Waals surface area contributed by atoms with Gasteiger partial charge in [-0.1, -0.05) is 27.4 Å². The van der Waals surface area contributed by atoms with Crippen LogP contribution in [0, 0.1) is 0 Å². The zero-order chi connectivity index (χ0) is 19.1. The molecule has 0 radical (unpaired) electrons. The summed E-state index contributed by atoms with van der Waals surface area (Å²) in [4.78, 5) is 21.9. The third kappa shape index (κ3) is 3.68. The Morgan fingerprint density at radius 1 is 1.38 bits per heavy atom. The predicted octanol–water partition coefficient (Wildman–Crippen LogP) is 3.03. The molecule has 0 unspecified atom stereocenters. The Labute approximate surface area is 156 Å². The normalized spacial score (nSPS) is 18.3. The van der Waals surface area contributed by atoms with Gasteiger partial charge in [0.25, 0.3) is 5.56 Å². The van der Waals surface area contributed by atoms with Gasteiger partial charge < -0.3 is 4.90 Å². The molecular formula is C21H30N4O. The van der Waals surface area contributed by atoms with Crippen molar-refractivity contribution in [1.82, 2.24) is 19.2 Å². The van der Waals surface area contributed by atoms with E-state index >= 15 is 0 Å². The Morgan fingerprint density at radius 3 is 2.73 bits per heavy atom. The first-order chi connectivity index (χ1) is 12.2. The minimum atomic E-state index is 0.0199. The van der Waals surface area contributed by atoms with Crippen molar-refractivity contribution < 1.29 is 0 Å². The molecule has 0 saturated carbocycles. The summed E-state index contributed by atoms with van der Waals surface area (Å²) in [6, 6.07) is 4.49. The van der Waals surface area contributed by atoms with E-state index in [-0.39, 0.29) is 11.0 Å². The van der Waals surface area contributed by atoms with Crippen LogP contribution in [0.25, 0.3) is 5.65 Å². The molecule has 1 atom stereocenters. The van der Waals surface area contributed by atoms with Crippen LogP contribution in [0.1, 0.15) is 44.7 Å². The third-order valence-corrected chi connectivity index (χ3v) is 5.42. The van der Waals surface area contributed by atoms with Crippen molar-refractivity contribution in [2.24, 2.45) is 0 Å². The Bertz CT molecular complexity index is 878. The highest BCUT2D eigenvalue weighted by atomic mass is 16.1. The molecule has 5 heteroatoms. The van der Waals surface area contributed by atoms with E-state index in [1.54, 1.807) is 10.6 Å². The van der Waals surface area contributed by atoms with E-state index in [1.165, 1.54) is 11.3 Å². The summed E-state index contributed by atoms with van der Waals surface area (Å²) in [6.45, 7) is 12.1. The monoisotopic (exact) mass is 354 g/mol. The van der Waals surface area contributed by atoms with Crippen molar-refractivity contribution in [2.75, 3.05) is 20.6 Å². The standard InChI is InChI=1S/C21H30N4O/c1-15-7-8-18(24(15)6)14-23(5)13-16-12-22-19-11-17(21(2,3)4)9-10-25(19)20(16)26/h9-12,18H,1,7-8,13-14H2,2-6H3/t18-/m0/s1. The summed E-state index contributed by atoms with van der Waals surface area (Å²) in [5.74, 6) is 0. The summed E-state index contributed by atoms with van der Waals surface area (Å²) >= 11 is 0. The van der Waals surface area contributed by atoms with Crippen molar-refractivity contribution in [3.05, 3.63) is 58.3 Å². The van der Waals surface area contributed by atoms with E-state index in [0.717, 1.165) is 24.9 Å². The first-order valence-electron chi connectivity index (χ1n) is 9.27. The van der Waals surface area contributed by atoms with Crippen molar-refractivity contribution in [1.29, 1.82) is 0 Å². The van der Waals surface area contributed by atoms with Crippen LogP contribution in [-0.4, -0.2) is 45.9 Å². The minimum Gasteiger partial charge on any atom is -0.374 e. The molecule has 140 valence electrons. The van der Waals surface area contributed by atoms with Crippen LogP contribution >= 0.6 is 0 Å². The Kier molecular flexibility index (Phi) is 4.93. The van der Waals surface area contributed by atoms with Crippen LogP contribution in [-0.2, 0) is 12.0 Å². The van der Waals surface area contributed by atoms with Gasteiger partial charge in [0.1, 0.15) is 5.65 Å². The van der Waals surface area contributed by atoms with Gasteiger partial charge in [0.05, 0.1) is 5.56 Å². The second-order valence-corrected chi connectivity index (χ2v) is 8.55. The molecule has 0 N–H and O–H groups in total. The number of hydrogen-bond acceptors (Lipinski definition) is 4. The van der Waals surface area contributed by atoms with Gasteiger partial charge in [-0.25, -0.2) is 4.98 Å².